The van der Waals surface area contributed by atoms with Crippen LogP contribution >= 0.6 is 0 Å². The van der Waals surface area contributed by atoms with E-state index < -0.39 is 30.1 Å². The smallest absolute Gasteiger partial charge is 0.305 e. The summed E-state index contributed by atoms with van der Waals surface area (Å²) >= 11 is 0. The SMILES string of the molecule is CC(=O)OC(CC(=O)[O-])C[N+](C)(C)C.CC(O)CC(=O)O. The predicted octanol–water partition coefficient (Wildman–Crippen LogP) is -1.39. The second kappa shape index (κ2) is 10.1. The Balaban J connectivity index is 0. The molecule has 124 valence electrons. The van der Waals surface area contributed by atoms with Crippen molar-refractivity contribution < 1.29 is 38.9 Å². The number of hydrogen-bond acceptors (Lipinski definition) is 6. The van der Waals surface area contributed by atoms with Gasteiger partial charge in [0.1, 0.15) is 6.54 Å². The molecule has 0 saturated heterocycles. The fourth-order valence-electron chi connectivity index (χ4n) is 1.43. The third-order valence-corrected chi connectivity index (χ3v) is 1.95. The van der Waals surface area contributed by atoms with Crippen molar-refractivity contribution >= 4 is 17.9 Å². The third kappa shape index (κ3) is 20.8. The number of carbonyl (C=O) groups is 3. The standard InChI is InChI=1S/C9H17NO4.C4H8O3/c1-7(11)14-8(5-9(12)13)6-10(2,3)4;1-3(5)2-4(6)7/h8H,5-6H2,1-4H3;3,5H,2H2,1H3,(H,6,7). The summed E-state index contributed by atoms with van der Waals surface area (Å²) in [6, 6.07) is 0. The highest BCUT2D eigenvalue weighted by Gasteiger charge is 2.20. The first-order chi connectivity index (χ1) is 9.33. The third-order valence-electron chi connectivity index (χ3n) is 1.95. The average molecular weight is 307 g/mol. The quantitative estimate of drug-likeness (QED) is 0.438. The largest absolute Gasteiger partial charge is 0.550 e. The zero-order chi connectivity index (χ0) is 17.2. The minimum Gasteiger partial charge on any atom is -0.550 e. The van der Waals surface area contributed by atoms with Crippen LogP contribution in [0.2, 0.25) is 0 Å². The molecule has 2 unspecified atom stereocenters. The van der Waals surface area contributed by atoms with E-state index in [2.05, 4.69) is 0 Å². The maximum atomic E-state index is 10.7. The van der Waals surface area contributed by atoms with Crippen molar-refractivity contribution in [3.05, 3.63) is 0 Å². The Hall–Kier alpha value is -1.67. The molecule has 0 aliphatic carbocycles. The number of rotatable bonds is 7. The van der Waals surface area contributed by atoms with Gasteiger partial charge in [-0.25, -0.2) is 0 Å². The van der Waals surface area contributed by atoms with Gasteiger partial charge in [0.25, 0.3) is 0 Å². The molecule has 0 saturated carbocycles. The van der Waals surface area contributed by atoms with Crippen LogP contribution in [-0.2, 0) is 19.1 Å². The number of carboxylic acids is 2. The number of carboxylic acid groups (broad SMARTS) is 2. The number of aliphatic carboxylic acids is 2. The maximum absolute atomic E-state index is 10.7. The molecule has 2 N–H and O–H groups in total. The monoisotopic (exact) mass is 307 g/mol. The highest BCUT2D eigenvalue weighted by molar-refractivity contribution is 5.68. The maximum Gasteiger partial charge on any atom is 0.305 e. The van der Waals surface area contributed by atoms with Gasteiger partial charge < -0.3 is 29.3 Å². The lowest BCUT2D eigenvalue weighted by Crippen LogP contribution is -2.45. The van der Waals surface area contributed by atoms with Crippen molar-refractivity contribution in [2.45, 2.75) is 38.9 Å². The summed E-state index contributed by atoms with van der Waals surface area (Å²) in [4.78, 5) is 30.7. The van der Waals surface area contributed by atoms with Crippen LogP contribution in [0, 0.1) is 0 Å². The Labute approximate surface area is 124 Å². The van der Waals surface area contributed by atoms with Crippen molar-refractivity contribution in [3.8, 4) is 0 Å². The van der Waals surface area contributed by atoms with Crippen molar-refractivity contribution in [1.29, 1.82) is 0 Å². The molecular formula is C13H25NO7. The van der Waals surface area contributed by atoms with Crippen molar-refractivity contribution in [2.75, 3.05) is 27.7 Å². The minimum absolute atomic E-state index is 0.167. The number of nitrogens with zero attached hydrogens (tertiary/aromatic N) is 1. The summed E-state index contributed by atoms with van der Waals surface area (Å²) in [7, 11) is 5.68. The fraction of sp³-hybridized carbons (Fsp3) is 0.769. The van der Waals surface area contributed by atoms with E-state index in [0.29, 0.717) is 11.0 Å². The molecule has 0 aromatic rings. The highest BCUT2D eigenvalue weighted by atomic mass is 16.5. The Morgan fingerprint density at radius 1 is 1.19 bits per heavy atom. The lowest BCUT2D eigenvalue weighted by molar-refractivity contribution is -0.873. The molecule has 2 atom stereocenters. The molecule has 8 nitrogen and oxygen atoms in total. The van der Waals surface area contributed by atoms with E-state index in [-0.39, 0.29) is 12.8 Å². The van der Waals surface area contributed by atoms with Crippen molar-refractivity contribution in [1.82, 2.24) is 0 Å². The van der Waals surface area contributed by atoms with Gasteiger partial charge in [-0.3, -0.25) is 9.59 Å². The zero-order valence-corrected chi connectivity index (χ0v) is 13.2. The lowest BCUT2D eigenvalue weighted by Gasteiger charge is -2.28. The van der Waals surface area contributed by atoms with Crippen LogP contribution in [0.15, 0.2) is 0 Å². The highest BCUT2D eigenvalue weighted by Crippen LogP contribution is 2.04. The van der Waals surface area contributed by atoms with Crippen LogP contribution in [-0.4, -0.2) is 72.5 Å². The number of ether oxygens (including phenoxy) is 1. The zero-order valence-electron chi connectivity index (χ0n) is 13.2. The second-order valence-electron chi connectivity index (χ2n) is 5.73. The van der Waals surface area contributed by atoms with Gasteiger partial charge in [-0.05, 0) is 6.92 Å². The van der Waals surface area contributed by atoms with E-state index in [1.54, 1.807) is 0 Å². The summed E-state index contributed by atoms with van der Waals surface area (Å²) in [6.45, 7) is 3.15. The first kappa shape index (κ1) is 21.6. The number of carbonyl (C=O) groups excluding carboxylic acids is 2. The van der Waals surface area contributed by atoms with Gasteiger partial charge in [-0.2, -0.15) is 0 Å². The molecule has 8 heteroatoms. The molecule has 0 heterocycles. The van der Waals surface area contributed by atoms with Crippen molar-refractivity contribution in [3.63, 3.8) is 0 Å². The molecule has 0 bridgehead atoms. The Morgan fingerprint density at radius 2 is 1.67 bits per heavy atom. The minimum atomic E-state index is -1.20. The van der Waals surface area contributed by atoms with Gasteiger partial charge in [0, 0.05) is 19.3 Å². The molecule has 0 radical (unpaired) electrons. The van der Waals surface area contributed by atoms with E-state index in [1.807, 2.05) is 21.1 Å². The predicted molar refractivity (Wildman–Crippen MR) is 72.0 cm³/mol. The van der Waals surface area contributed by atoms with Gasteiger partial charge in [-0.1, -0.05) is 0 Å². The van der Waals surface area contributed by atoms with Crippen molar-refractivity contribution in [2.24, 2.45) is 0 Å². The van der Waals surface area contributed by atoms with Crippen LogP contribution < -0.4 is 5.11 Å². The average Bonchev–Trinajstić information content (AvgIpc) is 2.09. The summed E-state index contributed by atoms with van der Waals surface area (Å²) in [5, 5.41) is 26.6. The number of aliphatic hydroxyl groups is 1. The summed E-state index contributed by atoms with van der Waals surface area (Å²) in [5.74, 6) is -2.63. The van der Waals surface area contributed by atoms with Crippen LogP contribution in [0.5, 0.6) is 0 Å². The Bertz CT molecular complexity index is 331. The molecule has 0 aliphatic heterocycles. The second-order valence-corrected chi connectivity index (χ2v) is 5.73. The molecule has 0 aromatic carbocycles. The van der Waals surface area contributed by atoms with Gasteiger partial charge in [0.15, 0.2) is 6.10 Å². The summed E-state index contributed by atoms with van der Waals surface area (Å²) in [5.41, 5.74) is 0. The Morgan fingerprint density at radius 3 is 1.86 bits per heavy atom. The van der Waals surface area contributed by atoms with Gasteiger partial charge in [0.2, 0.25) is 0 Å². The van der Waals surface area contributed by atoms with Crippen LogP contribution in [0.4, 0.5) is 0 Å². The van der Waals surface area contributed by atoms with E-state index in [9.17, 15) is 19.5 Å². The number of hydrogen-bond donors (Lipinski definition) is 2. The molecule has 0 rings (SSSR count). The first-order valence-corrected chi connectivity index (χ1v) is 6.41. The van der Waals surface area contributed by atoms with Crippen LogP contribution in [0.1, 0.15) is 26.7 Å². The number of quaternary nitrogens is 1. The Kier molecular flexibility index (Phi) is 10.4. The molecule has 0 aliphatic rings. The van der Waals surface area contributed by atoms with Gasteiger partial charge in [-0.15, -0.1) is 0 Å². The summed E-state index contributed by atoms with van der Waals surface area (Å²) < 4.78 is 5.39. The molecule has 0 amide bonds. The molecule has 0 aromatic heterocycles. The molecule has 0 spiro atoms. The lowest BCUT2D eigenvalue weighted by atomic mass is 10.2. The molecular weight excluding hydrogens is 282 g/mol. The van der Waals surface area contributed by atoms with E-state index in [0.717, 1.165) is 0 Å². The normalized spacial score (nSPS) is 13.4. The van der Waals surface area contributed by atoms with Gasteiger partial charge in [0.05, 0.1) is 33.7 Å². The van der Waals surface area contributed by atoms with E-state index in [1.165, 1.54) is 13.8 Å². The summed E-state index contributed by atoms with van der Waals surface area (Å²) in [6.07, 6.45) is -1.76. The number of aliphatic hydroxyl groups excluding tert-OH is 1. The van der Waals surface area contributed by atoms with Crippen LogP contribution in [0.25, 0.3) is 0 Å². The van der Waals surface area contributed by atoms with Gasteiger partial charge >= 0.3 is 11.9 Å². The molecule has 21 heavy (non-hydrogen) atoms. The first-order valence-electron chi connectivity index (χ1n) is 6.41. The molecule has 0 fully saturated rings. The van der Waals surface area contributed by atoms with Crippen LogP contribution in [0.3, 0.4) is 0 Å². The van der Waals surface area contributed by atoms with E-state index >= 15 is 0 Å². The fourth-order valence-corrected chi connectivity index (χ4v) is 1.43. The van der Waals surface area contributed by atoms with E-state index in [4.69, 9.17) is 14.9 Å². The number of likely N-dealkylation sites (N-methyl/N-ethyl adjacent to an activating group) is 1. The number of esters is 1. The topological polar surface area (TPSA) is 124 Å².